The standard InChI is InChI=1S/C16H20FN3O2/c1-19(11-13-10-18-20(2)12-13)16(21)4-3-9-22-15-7-5-14(17)6-8-15/h5-8,10,12H,3-4,9,11H2,1-2H3. The Morgan fingerprint density at radius 2 is 2.09 bits per heavy atom. The molecule has 0 saturated carbocycles. The molecule has 1 heterocycles. The predicted molar refractivity (Wildman–Crippen MR) is 80.8 cm³/mol. The van der Waals surface area contributed by atoms with Crippen molar-refractivity contribution in [3.05, 3.63) is 48.0 Å². The Kier molecular flexibility index (Phi) is 5.52. The van der Waals surface area contributed by atoms with Gasteiger partial charge >= 0.3 is 0 Å². The summed E-state index contributed by atoms with van der Waals surface area (Å²) in [6.07, 6.45) is 4.67. The summed E-state index contributed by atoms with van der Waals surface area (Å²) in [5, 5.41) is 4.08. The highest BCUT2D eigenvalue weighted by molar-refractivity contribution is 5.75. The molecule has 0 spiro atoms. The van der Waals surface area contributed by atoms with Crippen LogP contribution >= 0.6 is 0 Å². The lowest BCUT2D eigenvalue weighted by Crippen LogP contribution is -2.26. The first-order valence-corrected chi connectivity index (χ1v) is 7.14. The van der Waals surface area contributed by atoms with Gasteiger partial charge in [-0.2, -0.15) is 5.10 Å². The Bertz CT molecular complexity index is 610. The number of carbonyl (C=O) groups excluding carboxylic acids is 1. The maximum atomic E-state index is 12.7. The van der Waals surface area contributed by atoms with Gasteiger partial charge < -0.3 is 9.64 Å². The lowest BCUT2D eigenvalue weighted by Gasteiger charge is -2.16. The van der Waals surface area contributed by atoms with Crippen LogP contribution < -0.4 is 4.74 Å². The number of aryl methyl sites for hydroxylation is 1. The smallest absolute Gasteiger partial charge is 0.222 e. The van der Waals surface area contributed by atoms with Gasteiger partial charge in [0.15, 0.2) is 0 Å². The van der Waals surface area contributed by atoms with E-state index in [0.29, 0.717) is 31.7 Å². The first kappa shape index (κ1) is 16.0. The molecule has 0 fully saturated rings. The molecule has 118 valence electrons. The van der Waals surface area contributed by atoms with Crippen molar-refractivity contribution in [3.8, 4) is 5.75 Å². The molecule has 0 unspecified atom stereocenters. The molecule has 0 bridgehead atoms. The van der Waals surface area contributed by atoms with Gasteiger partial charge in [0.2, 0.25) is 5.91 Å². The van der Waals surface area contributed by atoms with E-state index in [-0.39, 0.29) is 11.7 Å². The fourth-order valence-corrected chi connectivity index (χ4v) is 2.05. The van der Waals surface area contributed by atoms with Gasteiger partial charge in [-0.15, -0.1) is 0 Å². The van der Waals surface area contributed by atoms with Crippen molar-refractivity contribution < 1.29 is 13.9 Å². The van der Waals surface area contributed by atoms with E-state index >= 15 is 0 Å². The Balaban J connectivity index is 1.67. The van der Waals surface area contributed by atoms with Gasteiger partial charge in [-0.3, -0.25) is 9.48 Å². The predicted octanol–water partition coefficient (Wildman–Crippen LogP) is 2.38. The molecule has 2 rings (SSSR count). The Hall–Kier alpha value is -2.37. The summed E-state index contributed by atoms with van der Waals surface area (Å²) in [5.41, 5.74) is 1.00. The second kappa shape index (κ2) is 7.59. The molecule has 0 atom stereocenters. The van der Waals surface area contributed by atoms with Crippen molar-refractivity contribution in [1.82, 2.24) is 14.7 Å². The molecule has 0 aliphatic carbocycles. The maximum absolute atomic E-state index is 12.7. The molecule has 1 aromatic carbocycles. The van der Waals surface area contributed by atoms with Crippen molar-refractivity contribution in [2.24, 2.45) is 7.05 Å². The molecule has 0 aliphatic heterocycles. The van der Waals surface area contributed by atoms with Gasteiger partial charge in [0.25, 0.3) is 0 Å². The Morgan fingerprint density at radius 3 is 2.73 bits per heavy atom. The van der Waals surface area contributed by atoms with Gasteiger partial charge in [0, 0.05) is 38.8 Å². The summed E-state index contributed by atoms with van der Waals surface area (Å²) >= 11 is 0. The van der Waals surface area contributed by atoms with Gasteiger partial charge in [0.1, 0.15) is 11.6 Å². The van der Waals surface area contributed by atoms with Crippen molar-refractivity contribution in [2.75, 3.05) is 13.7 Å². The van der Waals surface area contributed by atoms with E-state index in [1.807, 2.05) is 13.2 Å². The minimum absolute atomic E-state index is 0.0616. The van der Waals surface area contributed by atoms with E-state index in [4.69, 9.17) is 4.74 Å². The first-order chi connectivity index (χ1) is 10.5. The van der Waals surface area contributed by atoms with Crippen LogP contribution in [0.5, 0.6) is 5.75 Å². The number of amides is 1. The number of carbonyl (C=O) groups is 1. The second-order valence-electron chi connectivity index (χ2n) is 5.18. The number of aromatic nitrogens is 2. The molecule has 2 aromatic rings. The molecule has 22 heavy (non-hydrogen) atoms. The zero-order valence-electron chi connectivity index (χ0n) is 12.8. The highest BCUT2D eigenvalue weighted by atomic mass is 19.1. The maximum Gasteiger partial charge on any atom is 0.222 e. The lowest BCUT2D eigenvalue weighted by molar-refractivity contribution is -0.130. The van der Waals surface area contributed by atoms with E-state index in [0.717, 1.165) is 5.56 Å². The fraction of sp³-hybridized carbons (Fsp3) is 0.375. The van der Waals surface area contributed by atoms with Crippen LogP contribution in [-0.4, -0.2) is 34.2 Å². The zero-order valence-corrected chi connectivity index (χ0v) is 12.8. The molecule has 0 radical (unpaired) electrons. The SMILES string of the molecule is CN(Cc1cnn(C)c1)C(=O)CCCOc1ccc(F)cc1. The average molecular weight is 305 g/mol. The van der Waals surface area contributed by atoms with Crippen LogP contribution in [0.4, 0.5) is 4.39 Å². The highest BCUT2D eigenvalue weighted by Gasteiger charge is 2.10. The molecule has 0 aliphatic rings. The van der Waals surface area contributed by atoms with Crippen LogP contribution in [0.3, 0.4) is 0 Å². The average Bonchev–Trinajstić information content (AvgIpc) is 2.90. The van der Waals surface area contributed by atoms with E-state index in [1.165, 1.54) is 12.1 Å². The number of rotatable bonds is 7. The summed E-state index contributed by atoms with van der Waals surface area (Å²) < 4.78 is 19.9. The summed E-state index contributed by atoms with van der Waals surface area (Å²) in [6, 6.07) is 5.85. The molecule has 6 heteroatoms. The highest BCUT2D eigenvalue weighted by Crippen LogP contribution is 2.12. The fourth-order valence-electron chi connectivity index (χ4n) is 2.05. The van der Waals surface area contributed by atoms with Crippen LogP contribution in [0.25, 0.3) is 0 Å². The normalized spacial score (nSPS) is 10.5. The van der Waals surface area contributed by atoms with E-state index in [1.54, 1.807) is 35.0 Å². The number of hydrogen-bond donors (Lipinski definition) is 0. The lowest BCUT2D eigenvalue weighted by atomic mass is 10.2. The van der Waals surface area contributed by atoms with Crippen LogP contribution in [0.2, 0.25) is 0 Å². The molecule has 1 aromatic heterocycles. The monoisotopic (exact) mass is 305 g/mol. The van der Waals surface area contributed by atoms with Crippen molar-refractivity contribution >= 4 is 5.91 Å². The molecule has 1 amide bonds. The third kappa shape index (κ3) is 4.87. The zero-order chi connectivity index (χ0) is 15.9. The van der Waals surface area contributed by atoms with Crippen molar-refractivity contribution in [1.29, 1.82) is 0 Å². The molecule has 0 N–H and O–H groups in total. The summed E-state index contributed by atoms with van der Waals surface area (Å²) in [7, 11) is 3.62. The summed E-state index contributed by atoms with van der Waals surface area (Å²) in [5.74, 6) is 0.378. The third-order valence-corrected chi connectivity index (χ3v) is 3.22. The molecule has 5 nitrogen and oxygen atoms in total. The van der Waals surface area contributed by atoms with Gasteiger partial charge in [-0.1, -0.05) is 0 Å². The number of benzene rings is 1. The molecular weight excluding hydrogens is 285 g/mol. The van der Waals surface area contributed by atoms with Gasteiger partial charge in [-0.05, 0) is 30.7 Å². The van der Waals surface area contributed by atoms with Gasteiger partial charge in [0.05, 0.1) is 12.8 Å². The number of ether oxygens (including phenoxy) is 1. The van der Waals surface area contributed by atoms with Crippen LogP contribution in [0.1, 0.15) is 18.4 Å². The van der Waals surface area contributed by atoms with Crippen LogP contribution in [0, 0.1) is 5.82 Å². The van der Waals surface area contributed by atoms with E-state index in [2.05, 4.69) is 5.10 Å². The van der Waals surface area contributed by atoms with E-state index in [9.17, 15) is 9.18 Å². The second-order valence-corrected chi connectivity index (χ2v) is 5.18. The first-order valence-electron chi connectivity index (χ1n) is 7.14. The van der Waals surface area contributed by atoms with Crippen LogP contribution in [0.15, 0.2) is 36.7 Å². The third-order valence-electron chi connectivity index (χ3n) is 3.22. The molecule has 0 saturated heterocycles. The minimum Gasteiger partial charge on any atom is -0.494 e. The Morgan fingerprint density at radius 1 is 1.36 bits per heavy atom. The summed E-state index contributed by atoms with van der Waals surface area (Å²) in [4.78, 5) is 13.7. The number of hydrogen-bond acceptors (Lipinski definition) is 3. The summed E-state index contributed by atoms with van der Waals surface area (Å²) in [6.45, 7) is 0.976. The quantitative estimate of drug-likeness (QED) is 0.738. The van der Waals surface area contributed by atoms with Crippen molar-refractivity contribution in [3.63, 3.8) is 0 Å². The van der Waals surface area contributed by atoms with Crippen molar-refractivity contribution in [2.45, 2.75) is 19.4 Å². The number of halogens is 1. The topological polar surface area (TPSA) is 47.4 Å². The Labute approximate surface area is 129 Å². The molecular formula is C16H20FN3O2. The largest absolute Gasteiger partial charge is 0.494 e. The minimum atomic E-state index is -0.292. The number of nitrogens with zero attached hydrogens (tertiary/aromatic N) is 3. The van der Waals surface area contributed by atoms with Gasteiger partial charge in [-0.25, -0.2) is 4.39 Å². The van der Waals surface area contributed by atoms with E-state index < -0.39 is 0 Å². The van der Waals surface area contributed by atoms with Crippen LogP contribution in [-0.2, 0) is 18.4 Å².